The van der Waals surface area contributed by atoms with Gasteiger partial charge in [-0.25, -0.2) is 4.39 Å². The van der Waals surface area contributed by atoms with Crippen molar-refractivity contribution >= 4 is 33.8 Å². The van der Waals surface area contributed by atoms with Crippen molar-refractivity contribution < 1.29 is 13.9 Å². The van der Waals surface area contributed by atoms with Crippen molar-refractivity contribution in [1.82, 2.24) is 0 Å². The smallest absolute Gasteiger partial charge is 0.151 e. The van der Waals surface area contributed by atoms with E-state index in [1.54, 1.807) is 18.2 Å². The van der Waals surface area contributed by atoms with Gasteiger partial charge in [0.25, 0.3) is 0 Å². The van der Waals surface area contributed by atoms with E-state index in [1.807, 2.05) is 0 Å². The van der Waals surface area contributed by atoms with Crippen molar-refractivity contribution in [3.8, 4) is 11.5 Å². The molecule has 0 heterocycles. The Morgan fingerprint density at radius 1 is 1.22 bits per heavy atom. The first kappa shape index (κ1) is 13.1. The maximum absolute atomic E-state index is 12.9. The molecule has 0 aliphatic carbocycles. The molecule has 0 bridgehead atoms. The zero-order valence-corrected chi connectivity index (χ0v) is 11.3. The van der Waals surface area contributed by atoms with Gasteiger partial charge in [0.1, 0.15) is 17.3 Å². The lowest BCUT2D eigenvalue weighted by atomic mass is 10.2. The molecule has 0 amide bonds. The fraction of sp³-hybridized carbons (Fsp3) is 0. The molecular formula is C13H7BrClFO2. The Hall–Kier alpha value is -1.39. The van der Waals surface area contributed by atoms with Gasteiger partial charge in [0.15, 0.2) is 6.29 Å². The number of rotatable bonds is 3. The Balaban J connectivity index is 2.28. The highest BCUT2D eigenvalue weighted by molar-refractivity contribution is 9.10. The van der Waals surface area contributed by atoms with Gasteiger partial charge in [-0.15, -0.1) is 0 Å². The minimum atomic E-state index is -0.426. The predicted octanol–water partition coefficient (Wildman–Crippen LogP) is 4.85. The fourth-order valence-corrected chi connectivity index (χ4v) is 2.01. The first-order chi connectivity index (χ1) is 8.60. The summed E-state index contributed by atoms with van der Waals surface area (Å²) in [5.41, 5.74) is 0.521. The minimum Gasteiger partial charge on any atom is -0.456 e. The van der Waals surface area contributed by atoms with Crippen LogP contribution in [0.4, 0.5) is 4.39 Å². The summed E-state index contributed by atoms with van der Waals surface area (Å²) >= 11 is 9.09. The van der Waals surface area contributed by atoms with Crippen LogP contribution < -0.4 is 4.74 Å². The van der Waals surface area contributed by atoms with E-state index in [9.17, 15) is 9.18 Å². The molecule has 0 unspecified atom stereocenters. The number of halogens is 3. The third-order valence-corrected chi connectivity index (χ3v) is 3.20. The molecule has 0 atom stereocenters. The molecule has 2 aromatic carbocycles. The van der Waals surface area contributed by atoms with Crippen LogP contribution in [0, 0.1) is 5.82 Å². The highest BCUT2D eigenvalue weighted by Gasteiger charge is 2.06. The average molecular weight is 330 g/mol. The molecule has 5 heteroatoms. The largest absolute Gasteiger partial charge is 0.456 e. The van der Waals surface area contributed by atoms with E-state index in [1.165, 1.54) is 18.2 Å². The normalized spacial score (nSPS) is 10.2. The number of ether oxygens (including phenoxy) is 1. The maximum Gasteiger partial charge on any atom is 0.151 e. The number of hydrogen-bond donors (Lipinski definition) is 0. The topological polar surface area (TPSA) is 26.3 Å². The molecule has 0 aliphatic rings. The third-order valence-electron chi connectivity index (χ3n) is 2.22. The van der Waals surface area contributed by atoms with Crippen LogP contribution in [0.1, 0.15) is 10.4 Å². The van der Waals surface area contributed by atoms with Crippen molar-refractivity contribution in [3.05, 3.63) is 57.3 Å². The molecule has 0 N–H and O–H groups in total. The summed E-state index contributed by atoms with van der Waals surface area (Å²) in [6, 6.07) is 8.77. The van der Waals surface area contributed by atoms with Crippen LogP contribution >= 0.6 is 27.5 Å². The Morgan fingerprint density at radius 2 is 2.00 bits per heavy atom. The van der Waals surface area contributed by atoms with Crippen LogP contribution in [-0.2, 0) is 0 Å². The molecule has 2 rings (SSSR count). The molecule has 0 saturated carbocycles. The van der Waals surface area contributed by atoms with Crippen LogP contribution in [0.25, 0.3) is 0 Å². The van der Waals surface area contributed by atoms with E-state index >= 15 is 0 Å². The van der Waals surface area contributed by atoms with Crippen LogP contribution in [-0.4, -0.2) is 6.29 Å². The predicted molar refractivity (Wildman–Crippen MR) is 71.0 cm³/mol. The second kappa shape index (κ2) is 5.50. The number of hydrogen-bond acceptors (Lipinski definition) is 2. The van der Waals surface area contributed by atoms with Crippen molar-refractivity contribution in [1.29, 1.82) is 0 Å². The summed E-state index contributed by atoms with van der Waals surface area (Å²) in [7, 11) is 0. The number of carbonyl (C=O) groups excluding carboxylic acids is 1. The van der Waals surface area contributed by atoms with E-state index in [2.05, 4.69) is 15.9 Å². The first-order valence-corrected chi connectivity index (χ1v) is 6.15. The molecule has 2 aromatic rings. The lowest BCUT2D eigenvalue weighted by molar-refractivity contribution is 0.112. The minimum absolute atomic E-state index is 0.186. The summed E-state index contributed by atoms with van der Waals surface area (Å²) in [6.45, 7) is 0. The lowest BCUT2D eigenvalue weighted by Gasteiger charge is -2.08. The van der Waals surface area contributed by atoms with E-state index in [4.69, 9.17) is 16.3 Å². The van der Waals surface area contributed by atoms with Gasteiger partial charge in [0, 0.05) is 10.0 Å². The summed E-state index contributed by atoms with van der Waals surface area (Å²) < 4.78 is 19.0. The second-order valence-electron chi connectivity index (χ2n) is 3.48. The molecule has 0 spiro atoms. The number of aldehydes is 1. The van der Waals surface area contributed by atoms with Gasteiger partial charge in [-0.1, -0.05) is 11.6 Å². The van der Waals surface area contributed by atoms with E-state index in [-0.39, 0.29) is 5.02 Å². The van der Waals surface area contributed by atoms with Gasteiger partial charge >= 0.3 is 0 Å². The maximum atomic E-state index is 12.9. The highest BCUT2D eigenvalue weighted by Crippen LogP contribution is 2.31. The first-order valence-electron chi connectivity index (χ1n) is 4.98. The molecule has 0 saturated heterocycles. The Bertz CT molecular complexity index is 602. The molecule has 0 aliphatic heterocycles. The number of carbonyl (C=O) groups is 1. The quantitative estimate of drug-likeness (QED) is 0.753. The van der Waals surface area contributed by atoms with Crippen LogP contribution in [0.3, 0.4) is 0 Å². The third kappa shape index (κ3) is 2.89. The molecule has 2 nitrogen and oxygen atoms in total. The molecule has 18 heavy (non-hydrogen) atoms. The summed E-state index contributed by atoms with van der Waals surface area (Å²) in [4.78, 5) is 10.7. The van der Waals surface area contributed by atoms with Gasteiger partial charge < -0.3 is 4.74 Å². The van der Waals surface area contributed by atoms with Crippen molar-refractivity contribution in [2.45, 2.75) is 0 Å². The second-order valence-corrected chi connectivity index (χ2v) is 4.74. The Kier molecular flexibility index (Phi) is 3.99. The molecule has 0 radical (unpaired) electrons. The Morgan fingerprint density at radius 3 is 2.61 bits per heavy atom. The van der Waals surface area contributed by atoms with Crippen LogP contribution in [0.5, 0.6) is 11.5 Å². The van der Waals surface area contributed by atoms with E-state index in [0.29, 0.717) is 21.5 Å². The summed E-state index contributed by atoms with van der Waals surface area (Å²) in [6.07, 6.45) is 0.735. The van der Waals surface area contributed by atoms with Crippen molar-refractivity contribution in [2.24, 2.45) is 0 Å². The van der Waals surface area contributed by atoms with Gasteiger partial charge in [-0.2, -0.15) is 0 Å². The van der Waals surface area contributed by atoms with E-state index in [0.717, 1.165) is 6.29 Å². The molecular weight excluding hydrogens is 322 g/mol. The monoisotopic (exact) mass is 328 g/mol. The van der Waals surface area contributed by atoms with Crippen LogP contribution in [0.2, 0.25) is 5.02 Å². The molecule has 92 valence electrons. The summed E-state index contributed by atoms with van der Waals surface area (Å²) in [5.74, 6) is 0.426. The van der Waals surface area contributed by atoms with Gasteiger partial charge in [-0.05, 0) is 52.3 Å². The van der Waals surface area contributed by atoms with Crippen molar-refractivity contribution in [3.63, 3.8) is 0 Å². The lowest BCUT2D eigenvalue weighted by Crippen LogP contribution is -1.88. The Labute approximate surface area is 116 Å². The highest BCUT2D eigenvalue weighted by atomic mass is 79.9. The van der Waals surface area contributed by atoms with Crippen LogP contribution in [0.15, 0.2) is 40.9 Å². The SMILES string of the molecule is O=Cc1ccc(Oc2ccc(F)cc2Cl)cc1Br. The number of benzene rings is 2. The zero-order chi connectivity index (χ0) is 13.1. The van der Waals surface area contributed by atoms with Gasteiger partial charge in [0.05, 0.1) is 5.02 Å². The standard InChI is InChI=1S/C13H7BrClFO2/c14-11-6-10(3-1-8(11)7-17)18-13-4-2-9(16)5-12(13)15/h1-7H. The van der Waals surface area contributed by atoms with E-state index < -0.39 is 5.82 Å². The van der Waals surface area contributed by atoms with Crippen molar-refractivity contribution in [2.75, 3.05) is 0 Å². The fourth-order valence-electron chi connectivity index (χ4n) is 1.35. The average Bonchev–Trinajstić information content (AvgIpc) is 2.33. The van der Waals surface area contributed by atoms with Gasteiger partial charge in [-0.3, -0.25) is 4.79 Å². The summed E-state index contributed by atoms with van der Waals surface area (Å²) in [5, 5.41) is 0.186. The molecule has 0 fully saturated rings. The zero-order valence-electron chi connectivity index (χ0n) is 8.99. The van der Waals surface area contributed by atoms with Gasteiger partial charge in [0.2, 0.25) is 0 Å². The molecule has 0 aromatic heterocycles.